The minimum atomic E-state index is 0.275. The smallest absolute Gasteiger partial charge is 0.171 e. The van der Waals surface area contributed by atoms with Crippen LogP contribution in [0.2, 0.25) is 0 Å². The first kappa shape index (κ1) is 13.8. The molecule has 4 nitrogen and oxygen atoms in total. The third kappa shape index (κ3) is 4.61. The van der Waals surface area contributed by atoms with Gasteiger partial charge in [0.05, 0.1) is 6.61 Å². The van der Waals surface area contributed by atoms with Crippen molar-refractivity contribution in [2.75, 3.05) is 31.7 Å². The van der Waals surface area contributed by atoms with Crippen LogP contribution < -0.4 is 9.64 Å². The lowest BCUT2D eigenvalue weighted by Gasteiger charge is -2.20. The Morgan fingerprint density at radius 1 is 1.35 bits per heavy atom. The molecule has 0 saturated carbocycles. The highest BCUT2D eigenvalue weighted by Gasteiger charge is 2.08. The minimum absolute atomic E-state index is 0.275. The Kier molecular flexibility index (Phi) is 6.40. The van der Waals surface area contributed by atoms with Gasteiger partial charge in [0.25, 0.3) is 0 Å². The second kappa shape index (κ2) is 7.90. The molecule has 1 aromatic heterocycles. The van der Waals surface area contributed by atoms with Crippen LogP contribution in [-0.4, -0.2) is 36.9 Å². The van der Waals surface area contributed by atoms with Crippen molar-refractivity contribution in [2.45, 2.75) is 26.2 Å². The van der Waals surface area contributed by atoms with Gasteiger partial charge in [0, 0.05) is 26.4 Å². The summed E-state index contributed by atoms with van der Waals surface area (Å²) in [5.41, 5.74) is 0. The number of ether oxygens (including phenoxy) is 1. The lowest BCUT2D eigenvalue weighted by molar-refractivity contribution is 0.283. The van der Waals surface area contributed by atoms with Crippen molar-refractivity contribution < 1.29 is 9.84 Å². The van der Waals surface area contributed by atoms with E-state index in [2.05, 4.69) is 9.88 Å². The molecule has 0 amide bonds. The van der Waals surface area contributed by atoms with Gasteiger partial charge in [-0.2, -0.15) is 0 Å². The molecular formula is C13H22N2O2. The first-order valence-corrected chi connectivity index (χ1v) is 6.19. The third-order valence-electron chi connectivity index (χ3n) is 2.56. The van der Waals surface area contributed by atoms with Gasteiger partial charge in [-0.3, -0.25) is 0 Å². The van der Waals surface area contributed by atoms with Gasteiger partial charge in [0.2, 0.25) is 0 Å². The molecule has 0 aromatic carbocycles. The first-order valence-electron chi connectivity index (χ1n) is 6.19. The second-order valence-electron chi connectivity index (χ2n) is 3.96. The third-order valence-corrected chi connectivity index (χ3v) is 2.56. The zero-order valence-corrected chi connectivity index (χ0v) is 10.7. The van der Waals surface area contributed by atoms with E-state index < -0.39 is 0 Å². The Hall–Kier alpha value is -1.29. The van der Waals surface area contributed by atoms with Gasteiger partial charge in [-0.15, -0.1) is 0 Å². The number of anilines is 1. The second-order valence-corrected chi connectivity index (χ2v) is 3.96. The zero-order valence-electron chi connectivity index (χ0n) is 10.7. The normalized spacial score (nSPS) is 10.3. The fourth-order valence-electron chi connectivity index (χ4n) is 1.68. The SMILES string of the molecule is CCOc1cccnc1N(C)CCCCCO. The van der Waals surface area contributed by atoms with Crippen molar-refractivity contribution >= 4 is 5.82 Å². The highest BCUT2D eigenvalue weighted by Crippen LogP contribution is 2.24. The maximum atomic E-state index is 8.72. The Bertz CT molecular complexity index is 318. The molecule has 0 aliphatic rings. The Morgan fingerprint density at radius 2 is 2.18 bits per heavy atom. The number of aliphatic hydroxyl groups is 1. The zero-order chi connectivity index (χ0) is 12.5. The van der Waals surface area contributed by atoms with E-state index in [0.29, 0.717) is 6.61 Å². The molecule has 1 N–H and O–H groups in total. The van der Waals surface area contributed by atoms with E-state index in [9.17, 15) is 0 Å². The van der Waals surface area contributed by atoms with Crippen molar-refractivity contribution in [3.05, 3.63) is 18.3 Å². The molecule has 0 spiro atoms. The molecule has 96 valence electrons. The topological polar surface area (TPSA) is 45.6 Å². The summed E-state index contributed by atoms with van der Waals surface area (Å²) in [7, 11) is 2.02. The number of rotatable bonds is 8. The van der Waals surface area contributed by atoms with Crippen LogP contribution in [0.25, 0.3) is 0 Å². The van der Waals surface area contributed by atoms with E-state index >= 15 is 0 Å². The molecule has 0 aliphatic heterocycles. The fraction of sp³-hybridized carbons (Fsp3) is 0.615. The molecule has 1 aromatic rings. The molecule has 0 aliphatic carbocycles. The van der Waals surface area contributed by atoms with Crippen LogP contribution >= 0.6 is 0 Å². The maximum Gasteiger partial charge on any atom is 0.171 e. The number of aromatic nitrogens is 1. The molecule has 17 heavy (non-hydrogen) atoms. The van der Waals surface area contributed by atoms with Gasteiger partial charge in [0.1, 0.15) is 0 Å². The van der Waals surface area contributed by atoms with E-state index in [0.717, 1.165) is 37.4 Å². The van der Waals surface area contributed by atoms with E-state index in [1.807, 2.05) is 26.1 Å². The molecule has 0 radical (unpaired) electrons. The van der Waals surface area contributed by atoms with Crippen molar-refractivity contribution in [3.8, 4) is 5.75 Å². The fourth-order valence-corrected chi connectivity index (χ4v) is 1.68. The molecule has 4 heteroatoms. The van der Waals surface area contributed by atoms with Crippen LogP contribution in [0.5, 0.6) is 5.75 Å². The summed E-state index contributed by atoms with van der Waals surface area (Å²) in [4.78, 5) is 6.45. The molecule has 0 fully saturated rings. The van der Waals surface area contributed by atoms with Crippen LogP contribution in [0, 0.1) is 0 Å². The van der Waals surface area contributed by atoms with Crippen molar-refractivity contribution in [1.82, 2.24) is 4.98 Å². The molecule has 0 unspecified atom stereocenters. The van der Waals surface area contributed by atoms with E-state index in [1.54, 1.807) is 6.20 Å². The highest BCUT2D eigenvalue weighted by molar-refractivity contribution is 5.51. The summed E-state index contributed by atoms with van der Waals surface area (Å²) in [5.74, 6) is 1.72. The van der Waals surface area contributed by atoms with Crippen LogP contribution in [-0.2, 0) is 0 Å². The summed E-state index contributed by atoms with van der Waals surface area (Å²) in [6.07, 6.45) is 4.74. The number of nitrogens with zero attached hydrogens (tertiary/aromatic N) is 2. The minimum Gasteiger partial charge on any atom is -0.490 e. The van der Waals surface area contributed by atoms with Crippen LogP contribution in [0.4, 0.5) is 5.82 Å². The van der Waals surface area contributed by atoms with Crippen LogP contribution in [0.3, 0.4) is 0 Å². The van der Waals surface area contributed by atoms with Gasteiger partial charge in [-0.25, -0.2) is 4.98 Å². The maximum absolute atomic E-state index is 8.72. The van der Waals surface area contributed by atoms with E-state index in [4.69, 9.17) is 9.84 Å². The van der Waals surface area contributed by atoms with Crippen molar-refractivity contribution in [1.29, 1.82) is 0 Å². The summed E-state index contributed by atoms with van der Waals surface area (Å²) < 4.78 is 5.54. The van der Waals surface area contributed by atoms with E-state index in [-0.39, 0.29) is 6.61 Å². The van der Waals surface area contributed by atoms with Crippen LogP contribution in [0.1, 0.15) is 26.2 Å². The highest BCUT2D eigenvalue weighted by atomic mass is 16.5. The molecular weight excluding hydrogens is 216 g/mol. The van der Waals surface area contributed by atoms with Crippen LogP contribution in [0.15, 0.2) is 18.3 Å². The average Bonchev–Trinajstić information content (AvgIpc) is 2.35. The summed E-state index contributed by atoms with van der Waals surface area (Å²) in [5, 5.41) is 8.72. The predicted octanol–water partition coefficient (Wildman–Crippen LogP) is 2.08. The number of hydrogen-bond donors (Lipinski definition) is 1. The average molecular weight is 238 g/mol. The monoisotopic (exact) mass is 238 g/mol. The summed E-state index contributed by atoms with van der Waals surface area (Å²) in [6, 6.07) is 3.82. The first-order chi connectivity index (χ1) is 8.29. The quantitative estimate of drug-likeness (QED) is 0.704. The van der Waals surface area contributed by atoms with Gasteiger partial charge >= 0.3 is 0 Å². The van der Waals surface area contributed by atoms with Gasteiger partial charge in [-0.05, 0) is 38.3 Å². The molecule has 1 rings (SSSR count). The number of unbranched alkanes of at least 4 members (excludes halogenated alkanes) is 2. The Labute approximate surface area is 103 Å². The number of hydrogen-bond acceptors (Lipinski definition) is 4. The standard InChI is InChI=1S/C13H22N2O2/c1-3-17-12-8-7-9-14-13(12)15(2)10-5-4-6-11-16/h7-9,16H,3-6,10-11H2,1-2H3. The van der Waals surface area contributed by atoms with Gasteiger partial charge in [-0.1, -0.05) is 0 Å². The Morgan fingerprint density at radius 3 is 2.88 bits per heavy atom. The lowest BCUT2D eigenvalue weighted by Crippen LogP contribution is -2.20. The summed E-state index contributed by atoms with van der Waals surface area (Å²) in [6.45, 7) is 3.82. The van der Waals surface area contributed by atoms with Crippen molar-refractivity contribution in [3.63, 3.8) is 0 Å². The Balaban J connectivity index is 2.52. The molecule has 1 heterocycles. The van der Waals surface area contributed by atoms with Gasteiger partial charge < -0.3 is 14.7 Å². The molecule has 0 atom stereocenters. The van der Waals surface area contributed by atoms with Crippen molar-refractivity contribution in [2.24, 2.45) is 0 Å². The largest absolute Gasteiger partial charge is 0.490 e. The number of pyridine rings is 1. The predicted molar refractivity (Wildman–Crippen MR) is 69.6 cm³/mol. The summed E-state index contributed by atoms with van der Waals surface area (Å²) >= 11 is 0. The molecule has 0 bridgehead atoms. The number of aliphatic hydroxyl groups excluding tert-OH is 1. The molecule has 0 saturated heterocycles. The van der Waals surface area contributed by atoms with Gasteiger partial charge in [0.15, 0.2) is 11.6 Å². The van der Waals surface area contributed by atoms with E-state index in [1.165, 1.54) is 0 Å². The lowest BCUT2D eigenvalue weighted by atomic mass is 10.2.